The van der Waals surface area contributed by atoms with Gasteiger partial charge in [0.1, 0.15) is 0 Å². The van der Waals surface area contributed by atoms with Crippen LogP contribution in [0.1, 0.15) is 20.8 Å². The first-order valence-corrected chi connectivity index (χ1v) is 8.86. The minimum Gasteiger partial charge on any atom is -0.337 e. The molecule has 0 atom stereocenters. The molecule has 0 unspecified atom stereocenters. The number of hydrogen-bond acceptors (Lipinski definition) is 3. The highest BCUT2D eigenvalue weighted by Crippen LogP contribution is 2.29. The van der Waals surface area contributed by atoms with Crippen molar-refractivity contribution in [3.8, 4) is 16.5 Å². The minimum atomic E-state index is -0.0189. The molecule has 1 heterocycles. The summed E-state index contributed by atoms with van der Waals surface area (Å²) in [6, 6.07) is 20.7. The first-order chi connectivity index (χ1) is 12.1. The molecular weight excluding hydrogens is 352 g/mol. The first kappa shape index (κ1) is 17.2. The van der Waals surface area contributed by atoms with E-state index in [1.54, 1.807) is 24.1 Å². The molecule has 25 heavy (non-hydrogen) atoms. The van der Waals surface area contributed by atoms with Crippen LogP contribution in [0.5, 0.6) is 0 Å². The topological polar surface area (TPSA) is 44.1 Å². The van der Waals surface area contributed by atoms with Crippen LogP contribution in [0.2, 0.25) is 5.02 Å². The Hall–Kier alpha value is -2.61. The fourth-order valence-electron chi connectivity index (χ4n) is 2.44. The molecule has 3 rings (SSSR count). The molecule has 124 valence electrons. The number of halogens is 1. The summed E-state index contributed by atoms with van der Waals surface area (Å²) in [4.78, 5) is 16.0. The largest absolute Gasteiger partial charge is 0.337 e. The van der Waals surface area contributed by atoms with Gasteiger partial charge in [0.2, 0.25) is 0 Å². The lowest BCUT2D eigenvalue weighted by Crippen LogP contribution is -2.25. The van der Waals surface area contributed by atoms with Crippen molar-refractivity contribution in [1.29, 1.82) is 5.26 Å². The van der Waals surface area contributed by atoms with Crippen molar-refractivity contribution in [1.82, 2.24) is 4.90 Å². The Morgan fingerprint density at radius 3 is 2.40 bits per heavy atom. The Bertz CT molecular complexity index is 924. The van der Waals surface area contributed by atoms with E-state index in [0.29, 0.717) is 22.0 Å². The lowest BCUT2D eigenvalue weighted by molar-refractivity contribution is 0.0790. The number of benzene rings is 2. The van der Waals surface area contributed by atoms with Gasteiger partial charge in [0.25, 0.3) is 5.91 Å². The Morgan fingerprint density at radius 1 is 1.08 bits per heavy atom. The third-order valence-corrected chi connectivity index (χ3v) is 5.17. The predicted molar refractivity (Wildman–Crippen MR) is 102 cm³/mol. The summed E-state index contributed by atoms with van der Waals surface area (Å²) in [5, 5.41) is 9.53. The third-order valence-electron chi connectivity index (χ3n) is 3.79. The summed E-state index contributed by atoms with van der Waals surface area (Å²) in [5.41, 5.74) is 2.65. The van der Waals surface area contributed by atoms with Crippen LogP contribution < -0.4 is 0 Å². The monoisotopic (exact) mass is 366 g/mol. The van der Waals surface area contributed by atoms with Crippen LogP contribution in [-0.4, -0.2) is 17.9 Å². The van der Waals surface area contributed by atoms with Crippen molar-refractivity contribution in [3.05, 3.63) is 81.7 Å². The van der Waals surface area contributed by atoms with Gasteiger partial charge in [-0.2, -0.15) is 5.26 Å². The van der Waals surface area contributed by atoms with Crippen molar-refractivity contribution in [2.75, 3.05) is 7.05 Å². The van der Waals surface area contributed by atoms with E-state index in [0.717, 1.165) is 16.0 Å². The number of thiophene rings is 1. The molecule has 1 aromatic heterocycles. The molecule has 0 bridgehead atoms. The van der Waals surface area contributed by atoms with Gasteiger partial charge in [-0.05, 0) is 47.5 Å². The van der Waals surface area contributed by atoms with Crippen LogP contribution in [0.25, 0.3) is 10.4 Å². The highest BCUT2D eigenvalue weighted by Gasteiger charge is 2.15. The SMILES string of the molecule is CN(Cc1ccc(C#N)cc1)C(=O)c1ccc(-c2ccc(Cl)cc2)s1. The number of hydrogen-bond donors (Lipinski definition) is 0. The summed E-state index contributed by atoms with van der Waals surface area (Å²) < 4.78 is 0. The maximum Gasteiger partial charge on any atom is 0.263 e. The van der Waals surface area contributed by atoms with E-state index < -0.39 is 0 Å². The minimum absolute atomic E-state index is 0.0189. The summed E-state index contributed by atoms with van der Waals surface area (Å²) in [6.07, 6.45) is 0. The van der Waals surface area contributed by atoms with E-state index in [-0.39, 0.29) is 5.91 Å². The Morgan fingerprint density at radius 2 is 1.76 bits per heavy atom. The number of amides is 1. The van der Waals surface area contributed by atoms with E-state index in [1.165, 1.54) is 11.3 Å². The van der Waals surface area contributed by atoms with Crippen LogP contribution in [0.3, 0.4) is 0 Å². The second-order valence-corrected chi connectivity index (χ2v) is 7.16. The summed E-state index contributed by atoms with van der Waals surface area (Å²) in [7, 11) is 1.78. The number of carbonyl (C=O) groups is 1. The second-order valence-electron chi connectivity index (χ2n) is 5.64. The van der Waals surface area contributed by atoms with Crippen molar-refractivity contribution in [2.45, 2.75) is 6.54 Å². The third kappa shape index (κ3) is 4.08. The van der Waals surface area contributed by atoms with Crippen molar-refractivity contribution in [2.24, 2.45) is 0 Å². The van der Waals surface area contributed by atoms with Crippen LogP contribution in [-0.2, 0) is 6.54 Å². The van der Waals surface area contributed by atoms with Gasteiger partial charge in [0, 0.05) is 23.5 Å². The fourth-order valence-corrected chi connectivity index (χ4v) is 3.57. The molecule has 1 amide bonds. The zero-order valence-corrected chi connectivity index (χ0v) is 15.1. The average molecular weight is 367 g/mol. The van der Waals surface area contributed by atoms with E-state index in [2.05, 4.69) is 6.07 Å². The lowest BCUT2D eigenvalue weighted by Gasteiger charge is -2.16. The molecule has 0 spiro atoms. The van der Waals surface area contributed by atoms with Gasteiger partial charge < -0.3 is 4.90 Å². The molecular formula is C20H15ClN2OS. The summed E-state index contributed by atoms with van der Waals surface area (Å²) in [6.45, 7) is 0.499. The van der Waals surface area contributed by atoms with Gasteiger partial charge in [0.15, 0.2) is 0 Å². The lowest BCUT2D eigenvalue weighted by atomic mass is 10.1. The maximum atomic E-state index is 12.6. The zero-order chi connectivity index (χ0) is 17.8. The number of nitrogens with zero attached hydrogens (tertiary/aromatic N) is 2. The molecule has 0 aliphatic heterocycles. The van der Waals surface area contributed by atoms with Gasteiger partial charge in [-0.1, -0.05) is 35.9 Å². The fraction of sp³-hybridized carbons (Fsp3) is 0.100. The van der Waals surface area contributed by atoms with Crippen LogP contribution in [0.15, 0.2) is 60.7 Å². The van der Waals surface area contributed by atoms with Crippen molar-refractivity contribution in [3.63, 3.8) is 0 Å². The van der Waals surface area contributed by atoms with Gasteiger partial charge in [-0.15, -0.1) is 11.3 Å². The molecule has 0 aliphatic carbocycles. The Labute approximate surface area is 155 Å². The van der Waals surface area contributed by atoms with Gasteiger partial charge in [0.05, 0.1) is 16.5 Å². The number of rotatable bonds is 4. The van der Waals surface area contributed by atoms with Crippen LogP contribution in [0, 0.1) is 11.3 Å². The summed E-state index contributed by atoms with van der Waals surface area (Å²) in [5.74, 6) is -0.0189. The highest BCUT2D eigenvalue weighted by atomic mass is 35.5. The first-order valence-electron chi connectivity index (χ1n) is 7.67. The molecule has 0 radical (unpaired) electrons. The molecule has 2 aromatic carbocycles. The predicted octanol–water partition coefficient (Wildman–Crippen LogP) is 5.21. The second kappa shape index (κ2) is 7.52. The highest BCUT2D eigenvalue weighted by molar-refractivity contribution is 7.17. The maximum absolute atomic E-state index is 12.6. The van der Waals surface area contributed by atoms with E-state index in [4.69, 9.17) is 16.9 Å². The summed E-state index contributed by atoms with van der Waals surface area (Å²) >= 11 is 7.38. The standard InChI is InChI=1S/C20H15ClN2OS/c1-23(13-15-4-2-14(12-22)3-5-15)20(24)19-11-10-18(25-19)16-6-8-17(21)9-7-16/h2-11H,13H2,1H3. The van der Waals surface area contributed by atoms with Crippen LogP contribution in [0.4, 0.5) is 0 Å². The quantitative estimate of drug-likeness (QED) is 0.636. The van der Waals surface area contributed by atoms with Crippen molar-refractivity contribution < 1.29 is 4.79 Å². The van der Waals surface area contributed by atoms with Crippen LogP contribution >= 0.6 is 22.9 Å². The molecule has 5 heteroatoms. The molecule has 0 N–H and O–H groups in total. The number of carbonyl (C=O) groups excluding carboxylic acids is 1. The van der Waals surface area contributed by atoms with E-state index >= 15 is 0 Å². The normalized spacial score (nSPS) is 10.3. The van der Waals surface area contributed by atoms with Crippen molar-refractivity contribution >= 4 is 28.8 Å². The van der Waals surface area contributed by atoms with E-state index in [1.807, 2.05) is 48.5 Å². The molecule has 0 fully saturated rings. The average Bonchev–Trinajstić information content (AvgIpc) is 3.12. The molecule has 0 saturated heterocycles. The Balaban J connectivity index is 1.72. The van der Waals surface area contributed by atoms with E-state index in [9.17, 15) is 4.79 Å². The molecule has 3 nitrogen and oxygen atoms in total. The molecule has 0 saturated carbocycles. The van der Waals surface area contributed by atoms with Gasteiger partial charge in [-0.25, -0.2) is 0 Å². The smallest absolute Gasteiger partial charge is 0.263 e. The zero-order valence-electron chi connectivity index (χ0n) is 13.6. The molecule has 0 aliphatic rings. The molecule has 3 aromatic rings. The van der Waals surface area contributed by atoms with Gasteiger partial charge in [-0.3, -0.25) is 4.79 Å². The Kier molecular flexibility index (Phi) is 5.18. The number of nitriles is 1. The van der Waals surface area contributed by atoms with Gasteiger partial charge >= 0.3 is 0 Å².